The SMILES string of the molecule is C=CCc1ccc(OCCN2CC(C)OC(C)C2)c(OC)c1.O=C(O)C(=O)O. The molecule has 2 atom stereocenters. The highest BCUT2D eigenvalue weighted by atomic mass is 16.5. The monoisotopic (exact) mass is 395 g/mol. The van der Waals surface area contributed by atoms with Gasteiger partial charge in [-0.25, -0.2) is 9.59 Å². The van der Waals surface area contributed by atoms with E-state index >= 15 is 0 Å². The maximum absolute atomic E-state index is 9.10. The van der Waals surface area contributed by atoms with Crippen LogP contribution in [0.5, 0.6) is 11.5 Å². The Morgan fingerprint density at radius 3 is 2.32 bits per heavy atom. The van der Waals surface area contributed by atoms with Crippen molar-refractivity contribution in [2.45, 2.75) is 32.5 Å². The fourth-order valence-electron chi connectivity index (χ4n) is 2.88. The first kappa shape index (κ1) is 23.5. The van der Waals surface area contributed by atoms with E-state index in [0.29, 0.717) is 6.61 Å². The summed E-state index contributed by atoms with van der Waals surface area (Å²) in [6.07, 6.45) is 3.30. The lowest BCUT2D eigenvalue weighted by Crippen LogP contribution is -2.46. The third-order valence-electron chi connectivity index (χ3n) is 3.95. The Labute approximate surface area is 165 Å². The highest BCUT2D eigenvalue weighted by Crippen LogP contribution is 2.28. The minimum atomic E-state index is -1.82. The molecule has 8 heteroatoms. The van der Waals surface area contributed by atoms with Gasteiger partial charge in [-0.05, 0) is 38.0 Å². The standard InChI is InChI=1S/C18H27NO3.C2H2O4/c1-5-6-16-7-8-17(18(11-16)20-4)21-10-9-19-12-14(2)22-15(3)13-19;3-1(4)2(5)6/h5,7-8,11,14-15H,1,6,9-10,12-13H2,2-4H3;(H,3,4)(H,5,6). The first-order valence-electron chi connectivity index (χ1n) is 9.01. The summed E-state index contributed by atoms with van der Waals surface area (Å²) in [5, 5.41) is 14.8. The van der Waals surface area contributed by atoms with Crippen molar-refractivity contribution in [3.8, 4) is 11.5 Å². The van der Waals surface area contributed by atoms with Crippen LogP contribution in [0.25, 0.3) is 0 Å². The summed E-state index contributed by atoms with van der Waals surface area (Å²) >= 11 is 0. The lowest BCUT2D eigenvalue weighted by Gasteiger charge is -2.35. The lowest BCUT2D eigenvalue weighted by molar-refractivity contribution is -0.159. The zero-order valence-electron chi connectivity index (χ0n) is 16.6. The summed E-state index contributed by atoms with van der Waals surface area (Å²) in [6.45, 7) is 11.5. The molecule has 0 saturated carbocycles. The molecule has 156 valence electrons. The van der Waals surface area contributed by atoms with Crippen molar-refractivity contribution in [3.05, 3.63) is 36.4 Å². The van der Waals surface area contributed by atoms with E-state index < -0.39 is 11.9 Å². The third kappa shape index (κ3) is 8.41. The molecule has 0 radical (unpaired) electrons. The number of carbonyl (C=O) groups is 2. The maximum Gasteiger partial charge on any atom is 0.414 e. The van der Waals surface area contributed by atoms with Crippen LogP contribution in [0.4, 0.5) is 0 Å². The minimum Gasteiger partial charge on any atom is -0.493 e. The predicted molar refractivity (Wildman–Crippen MR) is 104 cm³/mol. The number of methoxy groups -OCH3 is 1. The molecule has 2 rings (SSSR count). The van der Waals surface area contributed by atoms with Crippen LogP contribution in [0.1, 0.15) is 19.4 Å². The van der Waals surface area contributed by atoms with E-state index in [-0.39, 0.29) is 12.2 Å². The Morgan fingerprint density at radius 1 is 1.21 bits per heavy atom. The molecule has 1 fully saturated rings. The summed E-state index contributed by atoms with van der Waals surface area (Å²) in [4.78, 5) is 20.6. The zero-order valence-corrected chi connectivity index (χ0v) is 16.6. The second kappa shape index (κ2) is 12.0. The number of ether oxygens (including phenoxy) is 3. The van der Waals surface area contributed by atoms with Gasteiger partial charge in [0.1, 0.15) is 6.61 Å². The number of allylic oxidation sites excluding steroid dienone is 1. The van der Waals surface area contributed by atoms with Crippen LogP contribution in [0.15, 0.2) is 30.9 Å². The summed E-state index contributed by atoms with van der Waals surface area (Å²) < 4.78 is 17.1. The smallest absolute Gasteiger partial charge is 0.414 e. The van der Waals surface area contributed by atoms with Gasteiger partial charge < -0.3 is 24.4 Å². The molecule has 0 amide bonds. The number of morpholine rings is 1. The molecule has 0 aromatic heterocycles. The average Bonchev–Trinajstić information content (AvgIpc) is 2.62. The molecule has 8 nitrogen and oxygen atoms in total. The topological polar surface area (TPSA) is 106 Å². The Balaban J connectivity index is 0.000000568. The van der Waals surface area contributed by atoms with Gasteiger partial charge >= 0.3 is 11.9 Å². The molecular weight excluding hydrogens is 366 g/mol. The van der Waals surface area contributed by atoms with Crippen LogP contribution >= 0.6 is 0 Å². The van der Waals surface area contributed by atoms with E-state index in [1.54, 1.807) is 7.11 Å². The number of aliphatic carboxylic acids is 2. The summed E-state index contributed by atoms with van der Waals surface area (Å²) in [7, 11) is 1.67. The van der Waals surface area contributed by atoms with Crippen molar-refractivity contribution in [1.82, 2.24) is 4.90 Å². The Bertz CT molecular complexity index is 640. The van der Waals surface area contributed by atoms with E-state index in [2.05, 4.69) is 31.4 Å². The fraction of sp³-hybridized carbons (Fsp3) is 0.500. The van der Waals surface area contributed by atoms with Crippen LogP contribution in [-0.4, -0.2) is 72.6 Å². The molecule has 2 N–H and O–H groups in total. The van der Waals surface area contributed by atoms with Crippen molar-refractivity contribution in [2.75, 3.05) is 33.4 Å². The van der Waals surface area contributed by atoms with Crippen LogP contribution in [-0.2, 0) is 20.7 Å². The van der Waals surface area contributed by atoms with Gasteiger partial charge in [0, 0.05) is 19.6 Å². The summed E-state index contributed by atoms with van der Waals surface area (Å²) in [6, 6.07) is 6.04. The number of carboxylic acid groups (broad SMARTS) is 2. The second-order valence-electron chi connectivity index (χ2n) is 6.45. The Hall–Kier alpha value is -2.58. The number of rotatable bonds is 7. The van der Waals surface area contributed by atoms with Crippen LogP contribution in [0.2, 0.25) is 0 Å². The van der Waals surface area contributed by atoms with Crippen molar-refractivity contribution in [1.29, 1.82) is 0 Å². The van der Waals surface area contributed by atoms with Gasteiger partial charge in [0.05, 0.1) is 19.3 Å². The average molecular weight is 395 g/mol. The van der Waals surface area contributed by atoms with Gasteiger partial charge in [-0.3, -0.25) is 4.90 Å². The summed E-state index contributed by atoms with van der Waals surface area (Å²) in [5.41, 5.74) is 1.18. The van der Waals surface area contributed by atoms with Gasteiger partial charge in [-0.1, -0.05) is 12.1 Å². The first-order valence-corrected chi connectivity index (χ1v) is 9.01. The van der Waals surface area contributed by atoms with Gasteiger partial charge in [-0.15, -0.1) is 6.58 Å². The van der Waals surface area contributed by atoms with Gasteiger partial charge in [0.2, 0.25) is 0 Å². The number of benzene rings is 1. The van der Waals surface area contributed by atoms with E-state index in [9.17, 15) is 0 Å². The molecule has 1 aliphatic heterocycles. The lowest BCUT2D eigenvalue weighted by atomic mass is 10.1. The highest BCUT2D eigenvalue weighted by molar-refractivity contribution is 6.27. The molecule has 2 unspecified atom stereocenters. The van der Waals surface area contributed by atoms with Gasteiger partial charge in [-0.2, -0.15) is 0 Å². The van der Waals surface area contributed by atoms with Crippen LogP contribution < -0.4 is 9.47 Å². The van der Waals surface area contributed by atoms with Crippen LogP contribution in [0.3, 0.4) is 0 Å². The number of hydrogen-bond acceptors (Lipinski definition) is 6. The van der Waals surface area contributed by atoms with Crippen molar-refractivity contribution >= 4 is 11.9 Å². The van der Waals surface area contributed by atoms with E-state index in [1.807, 2.05) is 18.2 Å². The van der Waals surface area contributed by atoms with Crippen molar-refractivity contribution < 1.29 is 34.0 Å². The number of nitrogens with zero attached hydrogens (tertiary/aromatic N) is 1. The van der Waals surface area contributed by atoms with E-state index in [0.717, 1.165) is 37.6 Å². The fourth-order valence-corrected chi connectivity index (χ4v) is 2.88. The molecule has 28 heavy (non-hydrogen) atoms. The maximum atomic E-state index is 9.10. The van der Waals surface area contributed by atoms with Crippen molar-refractivity contribution in [2.24, 2.45) is 0 Å². The largest absolute Gasteiger partial charge is 0.493 e. The molecule has 1 saturated heterocycles. The minimum absolute atomic E-state index is 0.288. The Kier molecular flexibility index (Phi) is 10.0. The zero-order chi connectivity index (χ0) is 21.1. The third-order valence-corrected chi connectivity index (χ3v) is 3.95. The van der Waals surface area contributed by atoms with E-state index in [4.69, 9.17) is 34.0 Å². The Morgan fingerprint density at radius 2 is 1.82 bits per heavy atom. The molecule has 1 aromatic rings. The van der Waals surface area contributed by atoms with Crippen LogP contribution in [0, 0.1) is 0 Å². The molecule has 1 aromatic carbocycles. The number of carboxylic acids is 2. The molecular formula is C20H29NO7. The predicted octanol–water partition coefficient (Wildman–Crippen LogP) is 2.07. The quantitative estimate of drug-likeness (QED) is 0.534. The molecule has 1 aliphatic rings. The molecule has 0 bridgehead atoms. The highest BCUT2D eigenvalue weighted by Gasteiger charge is 2.21. The first-order chi connectivity index (χ1) is 13.3. The number of hydrogen-bond donors (Lipinski definition) is 2. The molecule has 0 spiro atoms. The normalized spacial score (nSPS) is 19.1. The molecule has 1 heterocycles. The molecule has 0 aliphatic carbocycles. The van der Waals surface area contributed by atoms with Gasteiger partial charge in [0.25, 0.3) is 0 Å². The summed E-state index contributed by atoms with van der Waals surface area (Å²) in [5.74, 6) is -2.07. The second-order valence-corrected chi connectivity index (χ2v) is 6.45. The van der Waals surface area contributed by atoms with E-state index in [1.165, 1.54) is 5.56 Å². The van der Waals surface area contributed by atoms with Crippen molar-refractivity contribution in [3.63, 3.8) is 0 Å². The van der Waals surface area contributed by atoms with Gasteiger partial charge in [0.15, 0.2) is 11.5 Å².